The molecule has 320 valence electrons. The second kappa shape index (κ2) is 26.1. The van der Waals surface area contributed by atoms with E-state index < -0.39 is 65.7 Å². The molecule has 5 atom stereocenters. The molecule has 0 radical (unpaired) electrons. The lowest BCUT2D eigenvalue weighted by molar-refractivity contribution is -0.148. The third-order valence-corrected chi connectivity index (χ3v) is 10.2. The van der Waals surface area contributed by atoms with E-state index in [1.54, 1.807) is 7.05 Å². The van der Waals surface area contributed by atoms with E-state index in [9.17, 15) is 28.8 Å². The van der Waals surface area contributed by atoms with Gasteiger partial charge in [0.2, 0.25) is 35.4 Å². The van der Waals surface area contributed by atoms with E-state index in [1.165, 1.54) is 21.6 Å². The van der Waals surface area contributed by atoms with Gasteiger partial charge in [-0.25, -0.2) is 0 Å². The van der Waals surface area contributed by atoms with Crippen LogP contribution in [0.3, 0.4) is 0 Å². The Balaban J connectivity index is 0.00000276. The number of amides is 6. The molecule has 0 saturated carbocycles. The number of hydrogen-bond donors (Lipinski definition) is 6. The monoisotopic (exact) mass is 825 g/mol. The van der Waals surface area contributed by atoms with Gasteiger partial charge in [0.25, 0.3) is 5.97 Å². The summed E-state index contributed by atoms with van der Waals surface area (Å²) in [4.78, 5) is 93.4. The van der Waals surface area contributed by atoms with Crippen molar-refractivity contribution in [2.45, 2.75) is 109 Å². The Morgan fingerprint density at radius 1 is 0.862 bits per heavy atom. The zero-order valence-corrected chi connectivity index (χ0v) is 35.3. The number of nitrogens with one attached hydrogen (secondary N) is 3. The van der Waals surface area contributed by atoms with Crippen LogP contribution in [-0.2, 0) is 46.4 Å². The van der Waals surface area contributed by atoms with Crippen LogP contribution in [0.2, 0.25) is 0 Å². The number of benzene rings is 2. The average Bonchev–Trinajstić information content (AvgIpc) is 3.68. The van der Waals surface area contributed by atoms with E-state index in [-0.39, 0.29) is 37.6 Å². The van der Waals surface area contributed by atoms with Crippen molar-refractivity contribution < 1.29 is 38.7 Å². The summed E-state index contributed by atoms with van der Waals surface area (Å²) in [6.45, 7) is 5.70. The molecule has 0 spiro atoms. The van der Waals surface area contributed by atoms with Crippen molar-refractivity contribution in [1.82, 2.24) is 25.8 Å². The number of carbonyl (C=O) groups excluding carboxylic acids is 6. The summed E-state index contributed by atoms with van der Waals surface area (Å²) in [7, 11) is 1.55. The van der Waals surface area contributed by atoms with E-state index >= 15 is 0 Å². The van der Waals surface area contributed by atoms with Gasteiger partial charge in [0.15, 0.2) is 0 Å². The molecule has 2 aromatic carbocycles. The van der Waals surface area contributed by atoms with Gasteiger partial charge < -0.3 is 42.3 Å². The van der Waals surface area contributed by atoms with Crippen molar-refractivity contribution in [1.29, 1.82) is 0 Å². The molecular weight excluding hydrogens is 763 g/mol. The number of carboxylic acid groups (broad SMARTS) is 1. The number of hydrogen-bond acceptors (Lipinski definition) is 9. The van der Waals surface area contributed by atoms with E-state index in [2.05, 4.69) is 16.0 Å². The van der Waals surface area contributed by atoms with Gasteiger partial charge >= 0.3 is 0 Å². The summed E-state index contributed by atoms with van der Waals surface area (Å²) < 4.78 is 0. The molecule has 3 rings (SSSR count). The van der Waals surface area contributed by atoms with E-state index in [0.717, 1.165) is 18.1 Å². The molecular formula is C42H63N7O8S. The Hall–Kier alpha value is -4.96. The van der Waals surface area contributed by atoms with Gasteiger partial charge in [0, 0.05) is 39.8 Å². The maximum Gasteiger partial charge on any atom is 0.300 e. The number of aliphatic carboxylic acids is 1. The summed E-state index contributed by atoms with van der Waals surface area (Å²) in [6.07, 6.45) is 5.36. The highest BCUT2D eigenvalue weighted by Gasteiger charge is 2.42. The fraction of sp³-hybridized carbons (Fsp3) is 0.548. The number of thioether (sulfide) groups is 1. The highest BCUT2D eigenvalue weighted by Crippen LogP contribution is 2.24. The zero-order chi connectivity index (χ0) is 43.2. The minimum absolute atomic E-state index is 0.0333. The van der Waals surface area contributed by atoms with Crippen LogP contribution in [-0.4, -0.2) is 119 Å². The van der Waals surface area contributed by atoms with E-state index in [0.29, 0.717) is 50.8 Å². The van der Waals surface area contributed by atoms with Crippen LogP contribution in [0.1, 0.15) is 76.8 Å². The van der Waals surface area contributed by atoms with Crippen molar-refractivity contribution >= 4 is 53.2 Å². The topological polar surface area (TPSA) is 234 Å². The summed E-state index contributed by atoms with van der Waals surface area (Å²) in [5.41, 5.74) is 12.8. The molecule has 0 aliphatic carbocycles. The third-order valence-electron chi connectivity index (χ3n) is 9.59. The first kappa shape index (κ1) is 49.2. The molecule has 6 amide bonds. The van der Waals surface area contributed by atoms with Gasteiger partial charge in [-0.05, 0) is 74.1 Å². The zero-order valence-electron chi connectivity index (χ0n) is 34.5. The van der Waals surface area contributed by atoms with Crippen molar-refractivity contribution in [3.63, 3.8) is 0 Å². The van der Waals surface area contributed by atoms with Gasteiger partial charge in [-0.2, -0.15) is 11.8 Å². The van der Waals surface area contributed by atoms with Gasteiger partial charge in [-0.15, -0.1) is 0 Å². The fourth-order valence-electron chi connectivity index (χ4n) is 6.63. The number of unbranched alkanes of at least 4 members (excludes halogenated alkanes) is 1. The molecule has 58 heavy (non-hydrogen) atoms. The summed E-state index contributed by atoms with van der Waals surface area (Å²) >= 11 is 1.53. The number of nitrogens with two attached hydrogens (primary N) is 2. The van der Waals surface area contributed by atoms with Crippen molar-refractivity contribution in [3.05, 3.63) is 71.8 Å². The molecule has 1 fully saturated rings. The van der Waals surface area contributed by atoms with Crippen molar-refractivity contribution in [2.75, 3.05) is 32.1 Å². The third kappa shape index (κ3) is 17.3. The van der Waals surface area contributed by atoms with Crippen molar-refractivity contribution in [2.24, 2.45) is 17.4 Å². The molecule has 1 aliphatic heterocycles. The smallest absolute Gasteiger partial charge is 0.300 e. The first-order chi connectivity index (χ1) is 27.6. The first-order valence-electron chi connectivity index (χ1n) is 19.8. The lowest BCUT2D eigenvalue weighted by Crippen LogP contribution is -2.59. The van der Waals surface area contributed by atoms with E-state index in [1.807, 2.05) is 80.8 Å². The largest absolute Gasteiger partial charge is 0.481 e. The summed E-state index contributed by atoms with van der Waals surface area (Å²) in [5.74, 6) is -2.95. The molecule has 1 heterocycles. The Labute approximate surface area is 346 Å². The van der Waals surface area contributed by atoms with Gasteiger partial charge in [0.1, 0.15) is 30.2 Å². The van der Waals surface area contributed by atoms with Crippen LogP contribution in [0.25, 0.3) is 0 Å². The van der Waals surface area contributed by atoms with Crippen LogP contribution in [0.15, 0.2) is 60.7 Å². The molecule has 0 bridgehead atoms. The lowest BCUT2D eigenvalue weighted by Gasteiger charge is -2.35. The maximum absolute atomic E-state index is 14.5. The number of carbonyl (C=O) groups is 7. The van der Waals surface area contributed by atoms with Crippen LogP contribution >= 0.6 is 11.8 Å². The Morgan fingerprint density at radius 2 is 1.41 bits per heavy atom. The lowest BCUT2D eigenvalue weighted by atomic mass is 9.99. The molecule has 0 unspecified atom stereocenters. The molecule has 1 saturated heterocycles. The Morgan fingerprint density at radius 3 is 1.93 bits per heavy atom. The first-order valence-corrected chi connectivity index (χ1v) is 21.2. The van der Waals surface area contributed by atoms with Gasteiger partial charge in [-0.3, -0.25) is 33.6 Å². The molecule has 0 aromatic heterocycles. The minimum atomic E-state index is -1.05. The predicted molar refractivity (Wildman–Crippen MR) is 225 cm³/mol. The second-order valence-corrected chi connectivity index (χ2v) is 15.8. The average molecular weight is 826 g/mol. The summed E-state index contributed by atoms with van der Waals surface area (Å²) in [5, 5.41) is 16.0. The normalized spacial score (nSPS) is 15.5. The van der Waals surface area contributed by atoms with Gasteiger partial charge in [0.05, 0.1) is 0 Å². The molecule has 2 aromatic rings. The van der Waals surface area contributed by atoms with E-state index in [4.69, 9.17) is 21.4 Å². The Kier molecular flexibility index (Phi) is 22.2. The second-order valence-electron chi connectivity index (χ2n) is 14.9. The standard InChI is InChI=1S/C40H59N7O6S.C2H4O2/c1-27(2)24-34(38(51)44-30(36(42)49)20-23-54-4)46(3)40(53)33-18-13-22-47(33)39(52)32(26-29-16-9-6-10-17-29)45-37(50)31(25-28-14-7-5-8-15-28)43-35(48)19-11-12-21-41;1-2(3)4/h5-10,14-17,27,30-34H,11-13,18-26,41H2,1-4H3,(H2,42,49)(H,43,48)(H,44,51)(H,45,50);1H3,(H,3,4)/t30-,31-,32-,33-,34-;/m0./s1. The van der Waals surface area contributed by atoms with Crippen LogP contribution < -0.4 is 27.4 Å². The van der Waals surface area contributed by atoms with Gasteiger partial charge in [-0.1, -0.05) is 74.5 Å². The molecule has 8 N–H and O–H groups in total. The minimum Gasteiger partial charge on any atom is -0.481 e. The van der Waals surface area contributed by atoms with Crippen molar-refractivity contribution in [3.8, 4) is 0 Å². The highest BCUT2D eigenvalue weighted by molar-refractivity contribution is 7.98. The number of primary amides is 1. The van der Waals surface area contributed by atoms with Crippen LogP contribution in [0.4, 0.5) is 0 Å². The number of likely N-dealkylation sites (N-methyl/N-ethyl adjacent to an activating group) is 1. The molecule has 1 aliphatic rings. The highest BCUT2D eigenvalue weighted by atomic mass is 32.2. The number of likely N-dealkylation sites (tertiary alicyclic amines) is 1. The Bertz CT molecular complexity index is 1630. The number of carboxylic acids is 1. The number of rotatable bonds is 22. The van der Waals surface area contributed by atoms with Crippen LogP contribution in [0.5, 0.6) is 0 Å². The quantitative estimate of drug-likeness (QED) is 0.0948. The number of nitrogens with zero attached hydrogens (tertiary/aromatic N) is 2. The molecule has 16 heteroatoms. The predicted octanol–water partition coefficient (Wildman–Crippen LogP) is 2.25. The SMILES string of the molecule is CC(=O)O.CSCC[C@H](NC(=O)[C@H](CC(C)C)N(C)C(=O)[C@@H]1CCCN1C(=O)[C@H](Cc1ccccc1)NC(=O)[C@H](Cc1ccccc1)NC(=O)CCCCN)C(N)=O. The molecule has 15 nitrogen and oxygen atoms in total. The fourth-order valence-corrected chi connectivity index (χ4v) is 7.10. The van der Waals surface area contributed by atoms with Crippen LogP contribution in [0, 0.1) is 5.92 Å². The summed E-state index contributed by atoms with van der Waals surface area (Å²) in [6, 6.07) is 13.9. The maximum atomic E-state index is 14.5.